The number of aliphatic hydroxyl groups is 1. The highest BCUT2D eigenvalue weighted by molar-refractivity contribution is 5.95. The van der Waals surface area contributed by atoms with Crippen LogP contribution in [0.25, 0.3) is 11.1 Å². The van der Waals surface area contributed by atoms with Crippen LogP contribution in [0, 0.1) is 29.1 Å². The van der Waals surface area contributed by atoms with Gasteiger partial charge in [0.25, 0.3) is 5.91 Å². The summed E-state index contributed by atoms with van der Waals surface area (Å²) in [6, 6.07) is 22.3. The summed E-state index contributed by atoms with van der Waals surface area (Å²) in [7, 11) is 0. The van der Waals surface area contributed by atoms with Crippen LogP contribution < -0.4 is 5.32 Å². The number of amides is 1. The first kappa shape index (κ1) is 35.7. The Kier molecular flexibility index (Phi) is 11.6. The van der Waals surface area contributed by atoms with E-state index < -0.39 is 46.8 Å². The van der Waals surface area contributed by atoms with E-state index in [4.69, 9.17) is 9.47 Å². The fourth-order valence-electron chi connectivity index (χ4n) is 6.66. The summed E-state index contributed by atoms with van der Waals surface area (Å²) in [5, 5.41) is 11.8. The van der Waals surface area contributed by atoms with Gasteiger partial charge in [-0.3, -0.25) is 4.79 Å². The largest absolute Gasteiger partial charge is 0.392 e. The van der Waals surface area contributed by atoms with Crippen LogP contribution in [0.1, 0.15) is 83.5 Å². The van der Waals surface area contributed by atoms with Crippen molar-refractivity contribution in [3.8, 4) is 11.1 Å². The summed E-state index contributed by atoms with van der Waals surface area (Å²) < 4.78 is 82.4. The Hall–Kier alpha value is -4.16. The van der Waals surface area contributed by atoms with Crippen molar-refractivity contribution < 1.29 is 41.3 Å². The van der Waals surface area contributed by atoms with Crippen molar-refractivity contribution in [3.63, 3.8) is 0 Å². The maximum absolute atomic E-state index is 14.2. The highest BCUT2D eigenvalue weighted by Crippen LogP contribution is 2.39. The molecule has 2 heterocycles. The average molecular weight is 695 g/mol. The van der Waals surface area contributed by atoms with Gasteiger partial charge in [-0.25, -0.2) is 22.0 Å². The van der Waals surface area contributed by atoms with Gasteiger partial charge in [0, 0.05) is 25.1 Å². The summed E-state index contributed by atoms with van der Waals surface area (Å²) in [4.78, 5) is 15.1. The maximum atomic E-state index is 14.2. The lowest BCUT2D eigenvalue weighted by atomic mass is 9.97. The predicted octanol–water partition coefficient (Wildman–Crippen LogP) is 8.28. The highest BCUT2D eigenvalue weighted by Gasteiger charge is 2.34. The van der Waals surface area contributed by atoms with Gasteiger partial charge in [0.05, 0.1) is 18.8 Å². The van der Waals surface area contributed by atoms with Gasteiger partial charge in [-0.2, -0.15) is 0 Å². The lowest BCUT2D eigenvalue weighted by molar-refractivity contribution is -0.253. The smallest absolute Gasteiger partial charge is 0.257 e. The van der Waals surface area contributed by atoms with E-state index in [2.05, 4.69) is 10.2 Å². The number of nitrogens with one attached hydrogen (secondary N) is 1. The van der Waals surface area contributed by atoms with E-state index in [1.807, 2.05) is 48.5 Å². The molecule has 0 saturated carbocycles. The second-order valence-electron chi connectivity index (χ2n) is 12.8. The van der Waals surface area contributed by atoms with E-state index in [1.54, 1.807) is 24.3 Å². The quantitative estimate of drug-likeness (QED) is 0.105. The standard InChI is InChI=1S/C39H39F5N2O4/c40-33-32(34(41)36(43)37(44)35(33)42)38(48)45-21-28-8-4-5-9-30(28)25-14-16-27(17-15-25)39-49-29(22-46-18-6-2-1-3-7-19-46)20-31(50-39)26-12-10-24(23-47)11-13-26/h4-5,8-17,29,31,39,47H,1-3,6-7,18-23H2,(H,45,48). The topological polar surface area (TPSA) is 71.0 Å². The summed E-state index contributed by atoms with van der Waals surface area (Å²) in [5.74, 6) is -12.5. The number of hydrogen-bond acceptors (Lipinski definition) is 5. The molecule has 2 aliphatic heterocycles. The van der Waals surface area contributed by atoms with E-state index in [-0.39, 0.29) is 25.4 Å². The Labute approximate surface area is 287 Å². The second-order valence-corrected chi connectivity index (χ2v) is 12.8. The Morgan fingerprint density at radius 2 is 1.34 bits per heavy atom. The molecule has 2 aliphatic rings. The number of benzene rings is 4. The second kappa shape index (κ2) is 16.2. The van der Waals surface area contributed by atoms with Crippen LogP contribution in [0.3, 0.4) is 0 Å². The molecule has 3 unspecified atom stereocenters. The molecule has 4 aromatic rings. The number of carbonyl (C=O) groups excluding carboxylic acids is 1. The number of ether oxygens (including phenoxy) is 2. The molecule has 2 saturated heterocycles. The molecule has 1 amide bonds. The van der Waals surface area contributed by atoms with Crippen molar-refractivity contribution in [1.29, 1.82) is 0 Å². The molecule has 11 heteroatoms. The van der Waals surface area contributed by atoms with E-state index >= 15 is 0 Å². The molecule has 0 bridgehead atoms. The van der Waals surface area contributed by atoms with E-state index in [1.165, 1.54) is 32.1 Å². The van der Waals surface area contributed by atoms with Crippen LogP contribution in [0.5, 0.6) is 0 Å². The van der Waals surface area contributed by atoms with Gasteiger partial charge >= 0.3 is 0 Å². The van der Waals surface area contributed by atoms with Crippen LogP contribution in [-0.4, -0.2) is 41.7 Å². The molecule has 6 nitrogen and oxygen atoms in total. The SMILES string of the molecule is O=C(NCc1ccccc1-c1ccc(C2OC(CN3CCCCCCC3)CC(c3ccc(CO)cc3)O2)cc1)c1c(F)c(F)c(F)c(F)c1F. The molecule has 2 N–H and O–H groups in total. The van der Waals surface area contributed by atoms with Gasteiger partial charge in [-0.1, -0.05) is 92.1 Å². The number of carbonyl (C=O) groups is 1. The molecule has 4 aromatic carbocycles. The lowest BCUT2D eigenvalue weighted by Gasteiger charge is -2.39. The third kappa shape index (κ3) is 8.07. The van der Waals surface area contributed by atoms with Crippen LogP contribution in [-0.2, 0) is 22.6 Å². The summed E-state index contributed by atoms with van der Waals surface area (Å²) in [6.07, 6.45) is 5.85. The fourth-order valence-corrected chi connectivity index (χ4v) is 6.66. The molecular formula is C39H39F5N2O4. The van der Waals surface area contributed by atoms with Crippen molar-refractivity contribution in [2.45, 2.75) is 70.2 Å². The van der Waals surface area contributed by atoms with Gasteiger partial charge in [0.1, 0.15) is 5.56 Å². The first-order valence-corrected chi connectivity index (χ1v) is 16.9. The van der Waals surface area contributed by atoms with E-state index in [0.29, 0.717) is 17.5 Å². The van der Waals surface area contributed by atoms with Crippen molar-refractivity contribution in [1.82, 2.24) is 10.2 Å². The molecular weight excluding hydrogens is 655 g/mol. The zero-order valence-electron chi connectivity index (χ0n) is 27.4. The van der Waals surface area contributed by atoms with Crippen LogP contribution >= 0.6 is 0 Å². The van der Waals surface area contributed by atoms with Crippen molar-refractivity contribution in [3.05, 3.63) is 130 Å². The molecule has 0 spiro atoms. The number of hydrogen-bond donors (Lipinski definition) is 2. The van der Waals surface area contributed by atoms with E-state index in [9.17, 15) is 31.9 Å². The van der Waals surface area contributed by atoms with Crippen LogP contribution in [0.2, 0.25) is 0 Å². The molecule has 2 fully saturated rings. The summed E-state index contributed by atoms with van der Waals surface area (Å²) in [5.41, 5.74) is 3.11. The van der Waals surface area contributed by atoms with Crippen molar-refractivity contribution >= 4 is 5.91 Å². The number of likely N-dealkylation sites (tertiary alicyclic amines) is 1. The molecule has 6 rings (SSSR count). The zero-order chi connectivity index (χ0) is 35.2. The van der Waals surface area contributed by atoms with Gasteiger partial charge in [0.2, 0.25) is 5.82 Å². The minimum atomic E-state index is -2.33. The Morgan fingerprint density at radius 3 is 2.00 bits per heavy atom. The first-order valence-electron chi connectivity index (χ1n) is 16.9. The van der Waals surface area contributed by atoms with Gasteiger partial charge in [-0.15, -0.1) is 0 Å². The molecule has 3 atom stereocenters. The summed E-state index contributed by atoms with van der Waals surface area (Å²) >= 11 is 0. The number of aliphatic hydroxyl groups excluding tert-OH is 1. The number of nitrogens with zero attached hydrogens (tertiary/aromatic N) is 1. The van der Waals surface area contributed by atoms with Crippen molar-refractivity contribution in [2.75, 3.05) is 19.6 Å². The van der Waals surface area contributed by atoms with Crippen LogP contribution in [0.15, 0.2) is 72.8 Å². The number of halogens is 5. The number of rotatable bonds is 9. The highest BCUT2D eigenvalue weighted by atomic mass is 19.2. The molecule has 0 aromatic heterocycles. The van der Waals surface area contributed by atoms with Gasteiger partial charge < -0.3 is 24.8 Å². The monoisotopic (exact) mass is 694 g/mol. The average Bonchev–Trinajstić information content (AvgIpc) is 3.13. The zero-order valence-corrected chi connectivity index (χ0v) is 27.4. The minimum absolute atomic E-state index is 0.0394. The van der Waals surface area contributed by atoms with Crippen LogP contribution in [0.4, 0.5) is 22.0 Å². The fraction of sp³-hybridized carbons (Fsp3) is 0.359. The van der Waals surface area contributed by atoms with Crippen molar-refractivity contribution in [2.24, 2.45) is 0 Å². The lowest BCUT2D eigenvalue weighted by Crippen LogP contribution is -2.40. The third-order valence-corrected chi connectivity index (χ3v) is 9.41. The Balaban J connectivity index is 1.19. The maximum Gasteiger partial charge on any atom is 0.257 e. The molecule has 0 aliphatic carbocycles. The predicted molar refractivity (Wildman–Crippen MR) is 177 cm³/mol. The van der Waals surface area contributed by atoms with Gasteiger partial charge in [0.15, 0.2) is 29.6 Å². The minimum Gasteiger partial charge on any atom is -0.392 e. The normalized spacial score (nSPS) is 20.2. The molecule has 50 heavy (non-hydrogen) atoms. The Bertz CT molecular complexity index is 1750. The van der Waals surface area contributed by atoms with E-state index in [0.717, 1.165) is 41.9 Å². The Morgan fingerprint density at radius 1 is 0.740 bits per heavy atom. The summed E-state index contributed by atoms with van der Waals surface area (Å²) in [6.45, 7) is 2.60. The van der Waals surface area contributed by atoms with Gasteiger partial charge in [-0.05, 0) is 53.7 Å². The first-order chi connectivity index (χ1) is 24.2. The third-order valence-electron chi connectivity index (χ3n) is 9.41. The molecule has 264 valence electrons. The molecule has 0 radical (unpaired) electrons.